The van der Waals surface area contributed by atoms with Crippen LogP contribution in [0.25, 0.3) is 0 Å². The van der Waals surface area contributed by atoms with Gasteiger partial charge in [0.2, 0.25) is 0 Å². The van der Waals surface area contributed by atoms with E-state index in [1.807, 2.05) is 19.1 Å². The number of alkyl halides is 1. The van der Waals surface area contributed by atoms with E-state index in [2.05, 4.69) is 0 Å². The molecule has 1 aromatic carbocycles. The number of aromatic hydroxyl groups is 1. The van der Waals surface area contributed by atoms with Crippen LogP contribution in [0.1, 0.15) is 55.2 Å². The van der Waals surface area contributed by atoms with Crippen LogP contribution < -0.4 is 0 Å². The maximum absolute atomic E-state index is 14.1. The fourth-order valence-corrected chi connectivity index (χ4v) is 5.45. The summed E-state index contributed by atoms with van der Waals surface area (Å²) in [5.74, 6) is 0.543. The molecular weight excluding hydrogens is 293 g/mol. The number of fused-ring (bicyclic) bond motifs is 5. The lowest BCUT2D eigenvalue weighted by Gasteiger charge is -2.48. The fraction of sp³-hybridized carbons (Fsp3) is 0.579. The molecule has 5 atom stereocenters. The Labute approximate surface area is 135 Å². The number of Topliss-reactive ketones (excluding diaryl/α,β-unsaturated/α-hetero) is 1. The molecule has 0 unspecified atom stereocenters. The lowest BCUT2D eigenvalue weighted by atomic mass is 9.55. The molecule has 3 nitrogen and oxygen atoms in total. The number of carbonyl (C=O) groups excluding carboxylic acids is 1. The predicted molar refractivity (Wildman–Crippen MR) is 82.7 cm³/mol. The first-order chi connectivity index (χ1) is 11.0. The number of carbonyl (C=O) groups is 1. The Morgan fingerprint density at radius 2 is 2.17 bits per heavy atom. The number of rotatable bonds is 0. The highest BCUT2D eigenvalue weighted by atomic mass is 19.1. The first kappa shape index (κ1) is 14.7. The Morgan fingerprint density at radius 3 is 2.91 bits per heavy atom. The monoisotopic (exact) mass is 313 g/mol. The number of ketones is 1. The van der Waals surface area contributed by atoms with Crippen LogP contribution in [-0.2, 0) is 11.2 Å². The number of benzene rings is 1. The van der Waals surface area contributed by atoms with Gasteiger partial charge in [-0.15, -0.1) is 0 Å². The van der Waals surface area contributed by atoms with Gasteiger partial charge in [0.05, 0.1) is 5.56 Å². The van der Waals surface area contributed by atoms with Crippen molar-refractivity contribution in [1.29, 1.82) is 5.26 Å². The number of hydrogen-bond acceptors (Lipinski definition) is 3. The van der Waals surface area contributed by atoms with E-state index < -0.39 is 11.6 Å². The maximum atomic E-state index is 14.1. The minimum atomic E-state index is -1.31. The van der Waals surface area contributed by atoms with Gasteiger partial charge in [0.15, 0.2) is 12.0 Å². The van der Waals surface area contributed by atoms with Gasteiger partial charge in [-0.3, -0.25) is 4.79 Å². The highest BCUT2D eigenvalue weighted by Crippen LogP contribution is 2.60. The van der Waals surface area contributed by atoms with Crippen molar-refractivity contribution in [3.8, 4) is 11.8 Å². The number of phenols is 1. The minimum Gasteiger partial charge on any atom is -0.507 e. The van der Waals surface area contributed by atoms with Crippen LogP contribution in [-0.4, -0.2) is 17.1 Å². The van der Waals surface area contributed by atoms with E-state index in [1.54, 1.807) is 6.07 Å². The van der Waals surface area contributed by atoms with Gasteiger partial charge in [0.25, 0.3) is 0 Å². The Balaban J connectivity index is 1.76. The molecule has 0 spiro atoms. The largest absolute Gasteiger partial charge is 0.507 e. The number of phenolic OH excluding ortho intramolecular Hbond substituents is 1. The number of aryl methyl sites for hydroxylation is 1. The van der Waals surface area contributed by atoms with Crippen molar-refractivity contribution in [2.75, 3.05) is 0 Å². The zero-order chi connectivity index (χ0) is 16.4. The summed E-state index contributed by atoms with van der Waals surface area (Å²) in [5, 5.41) is 19.1. The molecule has 1 aromatic rings. The van der Waals surface area contributed by atoms with E-state index >= 15 is 0 Å². The molecule has 0 saturated heterocycles. The van der Waals surface area contributed by atoms with Crippen molar-refractivity contribution in [3.63, 3.8) is 0 Å². The summed E-state index contributed by atoms with van der Waals surface area (Å²) in [4.78, 5) is 12.3. The van der Waals surface area contributed by atoms with Crippen LogP contribution in [0.15, 0.2) is 12.1 Å². The van der Waals surface area contributed by atoms with Gasteiger partial charge in [-0.05, 0) is 73.1 Å². The zero-order valence-electron chi connectivity index (χ0n) is 13.2. The van der Waals surface area contributed by atoms with Gasteiger partial charge in [-0.2, -0.15) is 5.26 Å². The van der Waals surface area contributed by atoms with Crippen LogP contribution in [0.4, 0.5) is 4.39 Å². The lowest BCUT2D eigenvalue weighted by Crippen LogP contribution is -2.42. The average molecular weight is 313 g/mol. The summed E-state index contributed by atoms with van der Waals surface area (Å²) in [6.07, 6.45) is 2.39. The third-order valence-corrected chi connectivity index (χ3v) is 6.66. The topological polar surface area (TPSA) is 61.1 Å². The van der Waals surface area contributed by atoms with Crippen LogP contribution in [0.2, 0.25) is 0 Å². The molecule has 2 saturated carbocycles. The molecule has 1 N–H and O–H groups in total. The van der Waals surface area contributed by atoms with Crippen LogP contribution in [0.3, 0.4) is 0 Å². The zero-order valence-corrected chi connectivity index (χ0v) is 13.2. The molecule has 0 amide bonds. The second-order valence-electron chi connectivity index (χ2n) is 7.62. The third kappa shape index (κ3) is 1.89. The van der Waals surface area contributed by atoms with Crippen molar-refractivity contribution in [2.45, 2.75) is 51.1 Å². The van der Waals surface area contributed by atoms with Crippen molar-refractivity contribution >= 4 is 5.78 Å². The SMILES string of the molecule is C[C@]12CC[C@@H]3c4cc(C#N)c(O)cc4CC[C@H]3[C@@H]1C[C@H](F)C2=O. The fourth-order valence-electron chi connectivity index (χ4n) is 5.45. The molecule has 23 heavy (non-hydrogen) atoms. The van der Waals surface area contributed by atoms with Gasteiger partial charge < -0.3 is 5.11 Å². The number of hydrogen-bond donors (Lipinski definition) is 1. The first-order valence-corrected chi connectivity index (χ1v) is 8.40. The van der Waals surface area contributed by atoms with Gasteiger partial charge in [-0.25, -0.2) is 4.39 Å². The van der Waals surface area contributed by atoms with Gasteiger partial charge in [0.1, 0.15) is 11.8 Å². The Morgan fingerprint density at radius 1 is 1.39 bits per heavy atom. The average Bonchev–Trinajstić information content (AvgIpc) is 2.77. The predicted octanol–water partition coefficient (Wildman–Crippen LogP) is 3.64. The Hall–Kier alpha value is -1.89. The van der Waals surface area contributed by atoms with Crippen LogP contribution >= 0.6 is 0 Å². The molecule has 0 radical (unpaired) electrons. The Bertz CT molecular complexity index is 738. The number of halogens is 1. The van der Waals surface area contributed by atoms with E-state index in [1.165, 1.54) is 0 Å². The molecular formula is C19H20FNO2. The maximum Gasteiger partial charge on any atom is 0.173 e. The van der Waals surface area contributed by atoms with Crippen LogP contribution in [0.5, 0.6) is 5.75 Å². The van der Waals surface area contributed by atoms with E-state index in [0.717, 1.165) is 36.8 Å². The van der Waals surface area contributed by atoms with E-state index in [-0.39, 0.29) is 23.4 Å². The van der Waals surface area contributed by atoms with Crippen molar-refractivity contribution in [1.82, 2.24) is 0 Å². The second kappa shape index (κ2) is 4.80. The molecule has 0 aliphatic heterocycles. The van der Waals surface area contributed by atoms with E-state index in [0.29, 0.717) is 17.9 Å². The molecule has 3 aliphatic carbocycles. The van der Waals surface area contributed by atoms with Crippen molar-refractivity contribution < 1.29 is 14.3 Å². The van der Waals surface area contributed by atoms with Gasteiger partial charge in [-0.1, -0.05) is 6.92 Å². The molecule has 0 bridgehead atoms. The highest BCUT2D eigenvalue weighted by Gasteiger charge is 2.58. The van der Waals surface area contributed by atoms with Crippen LogP contribution in [0, 0.1) is 28.6 Å². The smallest absolute Gasteiger partial charge is 0.173 e. The van der Waals surface area contributed by atoms with E-state index in [9.17, 15) is 19.6 Å². The summed E-state index contributed by atoms with van der Waals surface area (Å²) in [6.45, 7) is 1.95. The first-order valence-electron chi connectivity index (χ1n) is 8.40. The van der Waals surface area contributed by atoms with E-state index in [4.69, 9.17) is 0 Å². The molecule has 0 aromatic heterocycles. The molecule has 3 aliphatic rings. The summed E-state index contributed by atoms with van der Waals surface area (Å²) in [6, 6.07) is 5.58. The molecule has 0 heterocycles. The molecule has 4 heteroatoms. The lowest BCUT2D eigenvalue weighted by molar-refractivity contribution is -0.132. The second-order valence-corrected chi connectivity index (χ2v) is 7.62. The normalized spacial score (nSPS) is 38.4. The summed E-state index contributed by atoms with van der Waals surface area (Å²) >= 11 is 0. The Kier molecular flexibility index (Phi) is 3.07. The quantitative estimate of drug-likeness (QED) is 0.795. The summed E-state index contributed by atoms with van der Waals surface area (Å²) < 4.78 is 14.1. The molecule has 120 valence electrons. The summed E-state index contributed by atoms with van der Waals surface area (Å²) in [5.41, 5.74) is 2.04. The molecule has 4 rings (SSSR count). The van der Waals surface area contributed by atoms with Crippen molar-refractivity contribution in [2.24, 2.45) is 17.3 Å². The van der Waals surface area contributed by atoms with Gasteiger partial charge in [0, 0.05) is 5.41 Å². The van der Waals surface area contributed by atoms with Crippen molar-refractivity contribution in [3.05, 3.63) is 28.8 Å². The number of nitriles is 1. The third-order valence-electron chi connectivity index (χ3n) is 6.66. The standard InChI is InChI=1S/C19H20FNO2/c1-19-5-4-12-13(15(19)8-16(20)18(19)23)3-2-10-7-17(22)11(9-21)6-14(10)12/h6-7,12-13,15-16,22H,2-5,8H2,1H3/t12-,13+,15-,16-,19-/m0/s1. The molecule has 2 fully saturated rings. The van der Waals surface area contributed by atoms with Gasteiger partial charge >= 0.3 is 0 Å². The number of nitrogens with zero attached hydrogens (tertiary/aromatic N) is 1. The minimum absolute atomic E-state index is 0.0465. The highest BCUT2D eigenvalue weighted by molar-refractivity contribution is 5.91. The summed E-state index contributed by atoms with van der Waals surface area (Å²) in [7, 11) is 0.